The first-order valence-electron chi connectivity index (χ1n) is 8.36. The van der Waals surface area contributed by atoms with Gasteiger partial charge in [0.1, 0.15) is 0 Å². The minimum Gasteiger partial charge on any atom is -0.493 e. The topological polar surface area (TPSA) is 63.2 Å². The number of nitrogens with one attached hydrogen (secondary N) is 1. The van der Waals surface area contributed by atoms with E-state index in [1.807, 2.05) is 62.3 Å². The molecule has 2 aromatic carbocycles. The van der Waals surface area contributed by atoms with Crippen molar-refractivity contribution < 1.29 is 14.3 Å². The van der Waals surface area contributed by atoms with Crippen molar-refractivity contribution in [3.05, 3.63) is 53.6 Å². The van der Waals surface area contributed by atoms with Gasteiger partial charge in [-0.2, -0.15) is 5.10 Å². The third-order valence-electron chi connectivity index (χ3n) is 3.97. The number of carbonyl (C=O) groups excluding carboxylic acids is 1. The summed E-state index contributed by atoms with van der Waals surface area (Å²) in [5.41, 5.74) is 5.77. The van der Waals surface area contributed by atoms with Gasteiger partial charge in [0.25, 0.3) is 5.91 Å². The predicted molar refractivity (Wildman–Crippen MR) is 105 cm³/mol. The fourth-order valence-electron chi connectivity index (χ4n) is 2.47. The Balaban J connectivity index is 2.21. The number of amides is 1. The molecule has 0 fully saturated rings. The number of nitrogens with zero attached hydrogens (tertiary/aromatic N) is 2. The van der Waals surface area contributed by atoms with Crippen LogP contribution in [0.15, 0.2) is 47.6 Å². The zero-order valence-electron chi connectivity index (χ0n) is 15.9. The molecule has 1 amide bonds. The van der Waals surface area contributed by atoms with Gasteiger partial charge in [0.2, 0.25) is 0 Å². The van der Waals surface area contributed by atoms with E-state index in [2.05, 4.69) is 10.5 Å². The van der Waals surface area contributed by atoms with Crippen molar-refractivity contribution >= 4 is 17.3 Å². The van der Waals surface area contributed by atoms with Crippen LogP contribution in [0, 0.1) is 0 Å². The summed E-state index contributed by atoms with van der Waals surface area (Å²) < 4.78 is 10.6. The molecule has 138 valence electrons. The summed E-state index contributed by atoms with van der Waals surface area (Å²) in [4.78, 5) is 14.4. The number of ether oxygens (including phenoxy) is 2. The Morgan fingerprint density at radius 3 is 2.38 bits per heavy atom. The second kappa shape index (κ2) is 8.89. The van der Waals surface area contributed by atoms with E-state index in [1.54, 1.807) is 20.3 Å². The SMILES string of the molecule is CC/C(=N\NC(=O)c1cccc(N(C)C)c1)c1ccc(OC)c(OC)c1. The Kier molecular flexibility index (Phi) is 6.60. The molecule has 0 bridgehead atoms. The van der Waals surface area contributed by atoms with Crippen molar-refractivity contribution in [3.63, 3.8) is 0 Å². The molecule has 2 rings (SSSR count). The van der Waals surface area contributed by atoms with Crippen molar-refractivity contribution in [2.45, 2.75) is 13.3 Å². The van der Waals surface area contributed by atoms with E-state index >= 15 is 0 Å². The maximum atomic E-state index is 12.4. The van der Waals surface area contributed by atoms with E-state index in [-0.39, 0.29) is 5.91 Å². The molecule has 0 radical (unpaired) electrons. The van der Waals surface area contributed by atoms with Crippen molar-refractivity contribution in [1.29, 1.82) is 0 Å². The molecule has 0 aromatic heterocycles. The largest absolute Gasteiger partial charge is 0.493 e. The van der Waals surface area contributed by atoms with Crippen molar-refractivity contribution in [3.8, 4) is 11.5 Å². The van der Waals surface area contributed by atoms with Gasteiger partial charge in [-0.1, -0.05) is 13.0 Å². The molecule has 0 atom stereocenters. The quantitative estimate of drug-likeness (QED) is 0.611. The highest BCUT2D eigenvalue weighted by Crippen LogP contribution is 2.28. The van der Waals surface area contributed by atoms with Crippen LogP contribution in [0.4, 0.5) is 5.69 Å². The molecule has 0 saturated heterocycles. The number of anilines is 1. The Morgan fingerprint density at radius 1 is 1.04 bits per heavy atom. The molecule has 0 saturated carbocycles. The average Bonchev–Trinajstić information content (AvgIpc) is 2.68. The summed E-state index contributed by atoms with van der Waals surface area (Å²) in [7, 11) is 7.04. The molecule has 0 spiro atoms. The van der Waals surface area contributed by atoms with Crippen molar-refractivity contribution in [2.24, 2.45) is 5.10 Å². The minimum absolute atomic E-state index is 0.250. The lowest BCUT2D eigenvalue weighted by molar-refractivity contribution is 0.0955. The fraction of sp³-hybridized carbons (Fsp3) is 0.300. The van der Waals surface area contributed by atoms with E-state index < -0.39 is 0 Å². The lowest BCUT2D eigenvalue weighted by Crippen LogP contribution is -2.20. The van der Waals surface area contributed by atoms with E-state index in [1.165, 1.54) is 0 Å². The maximum absolute atomic E-state index is 12.4. The van der Waals surface area contributed by atoms with E-state index in [0.29, 0.717) is 23.5 Å². The van der Waals surface area contributed by atoms with Crippen LogP contribution >= 0.6 is 0 Å². The van der Waals surface area contributed by atoms with E-state index in [4.69, 9.17) is 9.47 Å². The first-order valence-corrected chi connectivity index (χ1v) is 8.36. The highest BCUT2D eigenvalue weighted by atomic mass is 16.5. The maximum Gasteiger partial charge on any atom is 0.271 e. The van der Waals surface area contributed by atoms with E-state index in [9.17, 15) is 4.79 Å². The second-order valence-corrected chi connectivity index (χ2v) is 5.87. The molecule has 6 nitrogen and oxygen atoms in total. The monoisotopic (exact) mass is 355 g/mol. The van der Waals surface area contributed by atoms with Gasteiger partial charge in [0.15, 0.2) is 11.5 Å². The third-order valence-corrected chi connectivity index (χ3v) is 3.97. The molecule has 6 heteroatoms. The van der Waals surface area contributed by atoms with Crippen LogP contribution in [0.25, 0.3) is 0 Å². The molecule has 26 heavy (non-hydrogen) atoms. The molecule has 0 aliphatic carbocycles. The Bertz CT molecular complexity index is 801. The van der Waals surface area contributed by atoms with Gasteiger partial charge in [-0.3, -0.25) is 4.79 Å². The standard InChI is InChI=1S/C20H25N3O3/c1-6-17(14-10-11-18(25-4)19(13-14)26-5)21-22-20(24)15-8-7-9-16(12-15)23(2)3/h7-13H,6H2,1-5H3,(H,22,24)/b21-17+. The summed E-state index contributed by atoms with van der Waals surface area (Å²) in [5.74, 6) is 1.02. The number of methoxy groups -OCH3 is 2. The van der Waals surface area contributed by atoms with Crippen molar-refractivity contribution in [2.75, 3.05) is 33.2 Å². The molecular formula is C20H25N3O3. The average molecular weight is 355 g/mol. The van der Waals surface area contributed by atoms with Gasteiger partial charge in [0.05, 0.1) is 19.9 Å². The van der Waals surface area contributed by atoms with Crippen LogP contribution in [0.5, 0.6) is 11.5 Å². The smallest absolute Gasteiger partial charge is 0.271 e. The summed E-state index contributed by atoms with van der Waals surface area (Å²) >= 11 is 0. The summed E-state index contributed by atoms with van der Waals surface area (Å²) in [6, 6.07) is 12.9. The first-order chi connectivity index (χ1) is 12.5. The highest BCUT2D eigenvalue weighted by molar-refractivity contribution is 6.02. The van der Waals surface area contributed by atoms with Crippen LogP contribution in [0.3, 0.4) is 0 Å². The van der Waals surface area contributed by atoms with Crippen LogP contribution in [0.2, 0.25) is 0 Å². The molecule has 0 aliphatic heterocycles. The highest BCUT2D eigenvalue weighted by Gasteiger charge is 2.10. The zero-order chi connectivity index (χ0) is 19.1. The molecule has 0 unspecified atom stereocenters. The molecule has 2 aromatic rings. The number of hydrazone groups is 1. The predicted octanol–water partition coefficient (Wildman–Crippen LogP) is 3.31. The van der Waals surface area contributed by atoms with Gasteiger partial charge in [-0.15, -0.1) is 0 Å². The Hall–Kier alpha value is -3.02. The molecule has 1 N–H and O–H groups in total. The summed E-state index contributed by atoms with van der Waals surface area (Å²) in [5, 5.41) is 4.30. The van der Waals surface area contributed by atoms with Crippen LogP contribution < -0.4 is 19.8 Å². The number of hydrogen-bond donors (Lipinski definition) is 1. The number of hydrogen-bond acceptors (Lipinski definition) is 5. The van der Waals surface area contributed by atoms with Crippen LogP contribution in [-0.2, 0) is 0 Å². The van der Waals surface area contributed by atoms with Crippen molar-refractivity contribution in [1.82, 2.24) is 5.43 Å². The molecule has 0 aliphatic rings. The van der Waals surface area contributed by atoms with Gasteiger partial charge in [-0.05, 0) is 42.8 Å². The molecule has 0 heterocycles. The van der Waals surface area contributed by atoms with Gasteiger partial charge in [0, 0.05) is 30.9 Å². The molecular weight excluding hydrogens is 330 g/mol. The third kappa shape index (κ3) is 4.53. The summed E-state index contributed by atoms with van der Waals surface area (Å²) in [6.07, 6.45) is 0.660. The lowest BCUT2D eigenvalue weighted by atomic mass is 10.1. The van der Waals surface area contributed by atoms with Gasteiger partial charge < -0.3 is 14.4 Å². The normalized spacial score (nSPS) is 11.0. The second-order valence-electron chi connectivity index (χ2n) is 5.87. The van der Waals surface area contributed by atoms with E-state index in [0.717, 1.165) is 17.0 Å². The Labute approximate surface area is 154 Å². The Morgan fingerprint density at radius 2 is 1.77 bits per heavy atom. The lowest BCUT2D eigenvalue weighted by Gasteiger charge is -2.13. The number of carbonyl (C=O) groups is 1. The first kappa shape index (κ1) is 19.3. The fourth-order valence-corrected chi connectivity index (χ4v) is 2.47. The van der Waals surface area contributed by atoms with Gasteiger partial charge >= 0.3 is 0 Å². The number of benzene rings is 2. The zero-order valence-corrected chi connectivity index (χ0v) is 15.9. The summed E-state index contributed by atoms with van der Waals surface area (Å²) in [6.45, 7) is 1.98. The number of rotatable bonds is 7. The minimum atomic E-state index is -0.250. The van der Waals surface area contributed by atoms with Crippen LogP contribution in [0.1, 0.15) is 29.3 Å². The van der Waals surface area contributed by atoms with Gasteiger partial charge in [-0.25, -0.2) is 5.43 Å². The van der Waals surface area contributed by atoms with Crippen LogP contribution in [-0.4, -0.2) is 39.9 Å².